The van der Waals surface area contributed by atoms with E-state index in [1.807, 2.05) is 19.1 Å². The molecule has 1 unspecified atom stereocenters. The van der Waals surface area contributed by atoms with Crippen LogP contribution in [-0.2, 0) is 31.2 Å². The van der Waals surface area contributed by atoms with E-state index in [2.05, 4.69) is 17.0 Å². The molecule has 0 saturated heterocycles. The summed E-state index contributed by atoms with van der Waals surface area (Å²) in [6.07, 6.45) is 3.58. The molecule has 0 aliphatic carbocycles. The molecule has 0 saturated carbocycles. The number of aryl methyl sites for hydroxylation is 4. The molecule has 0 amide bonds. The fourth-order valence-corrected chi connectivity index (χ4v) is 3.77. The number of nitrogens with zero attached hydrogens (tertiary/aromatic N) is 4. The van der Waals surface area contributed by atoms with Crippen molar-refractivity contribution < 1.29 is 14.6 Å². The van der Waals surface area contributed by atoms with E-state index in [4.69, 9.17) is 4.74 Å². The van der Waals surface area contributed by atoms with Gasteiger partial charge in [-0.25, -0.2) is 4.98 Å². The van der Waals surface area contributed by atoms with E-state index < -0.39 is 11.6 Å². The third kappa shape index (κ3) is 4.69. The number of carboxylic acids is 1. The molecule has 8 heteroatoms. The van der Waals surface area contributed by atoms with Crippen LogP contribution in [0.2, 0.25) is 0 Å². The lowest BCUT2D eigenvalue weighted by atomic mass is 10.0. The van der Waals surface area contributed by atoms with E-state index in [0.717, 1.165) is 36.9 Å². The topological polar surface area (TPSA) is 102 Å². The zero-order valence-electron chi connectivity index (χ0n) is 19.5. The lowest BCUT2D eigenvalue weighted by molar-refractivity contribution is -0.321. The van der Waals surface area contributed by atoms with E-state index >= 15 is 0 Å². The van der Waals surface area contributed by atoms with Crippen molar-refractivity contribution in [2.45, 2.75) is 71.9 Å². The van der Waals surface area contributed by atoms with E-state index in [9.17, 15) is 14.7 Å². The van der Waals surface area contributed by atoms with Gasteiger partial charge >= 0.3 is 0 Å². The average molecular weight is 440 g/mol. The number of ether oxygens (including phenoxy) is 1. The molecule has 2 heterocycles. The third-order valence-corrected chi connectivity index (χ3v) is 5.91. The van der Waals surface area contributed by atoms with Crippen molar-refractivity contribution in [1.82, 2.24) is 19.3 Å². The summed E-state index contributed by atoms with van der Waals surface area (Å²) < 4.78 is 8.97. The number of benzene rings is 1. The van der Waals surface area contributed by atoms with Crippen molar-refractivity contribution in [2.75, 3.05) is 0 Å². The number of rotatable bonds is 10. The Kier molecular flexibility index (Phi) is 7.01. The number of hydrogen-bond acceptors (Lipinski definition) is 6. The second-order valence-electron chi connectivity index (χ2n) is 8.35. The predicted octanol–water partition coefficient (Wildman–Crippen LogP) is 2.32. The summed E-state index contributed by atoms with van der Waals surface area (Å²) in [6, 6.07) is 7.36. The molecule has 0 aliphatic rings. The third-order valence-electron chi connectivity index (χ3n) is 5.91. The second-order valence-corrected chi connectivity index (χ2v) is 8.35. The fourth-order valence-electron chi connectivity index (χ4n) is 3.77. The number of hydrogen-bond donors (Lipinski definition) is 0. The number of fused-ring (bicyclic) bond motifs is 1. The van der Waals surface area contributed by atoms with Gasteiger partial charge in [-0.1, -0.05) is 32.4 Å². The summed E-state index contributed by atoms with van der Waals surface area (Å²) in [4.78, 5) is 29.1. The Hall–Kier alpha value is -3.16. The van der Waals surface area contributed by atoms with Gasteiger partial charge < -0.3 is 14.6 Å². The van der Waals surface area contributed by atoms with Crippen molar-refractivity contribution in [2.24, 2.45) is 7.05 Å². The molecule has 3 rings (SSSR count). The highest BCUT2D eigenvalue weighted by molar-refractivity contribution is 5.76. The Morgan fingerprint density at radius 2 is 1.88 bits per heavy atom. The van der Waals surface area contributed by atoms with Crippen molar-refractivity contribution in [3.63, 3.8) is 0 Å². The molecule has 3 aromatic rings. The van der Waals surface area contributed by atoms with Crippen LogP contribution in [0.3, 0.4) is 0 Å². The first-order chi connectivity index (χ1) is 15.2. The van der Waals surface area contributed by atoms with Crippen LogP contribution in [0.4, 0.5) is 0 Å². The van der Waals surface area contributed by atoms with Crippen LogP contribution < -0.4 is 15.4 Å². The van der Waals surface area contributed by atoms with Crippen molar-refractivity contribution in [1.29, 1.82) is 0 Å². The first-order valence-electron chi connectivity index (χ1n) is 11.1. The van der Waals surface area contributed by atoms with Crippen LogP contribution in [0, 0.1) is 6.92 Å². The molecule has 0 bridgehead atoms. The van der Waals surface area contributed by atoms with E-state index in [1.54, 1.807) is 35.4 Å². The number of aliphatic carboxylic acids is 1. The van der Waals surface area contributed by atoms with Crippen LogP contribution >= 0.6 is 0 Å². The van der Waals surface area contributed by atoms with Crippen LogP contribution in [-0.4, -0.2) is 30.9 Å². The van der Waals surface area contributed by atoms with Gasteiger partial charge in [0.25, 0.3) is 5.56 Å². The van der Waals surface area contributed by atoms with Gasteiger partial charge in [-0.3, -0.25) is 14.0 Å². The molecule has 2 aromatic heterocycles. The second kappa shape index (κ2) is 9.54. The van der Waals surface area contributed by atoms with Gasteiger partial charge in [0.2, 0.25) is 0 Å². The number of carbonyl (C=O) groups is 1. The molecule has 32 heavy (non-hydrogen) atoms. The molecule has 0 aliphatic heterocycles. The maximum atomic E-state index is 13.1. The summed E-state index contributed by atoms with van der Waals surface area (Å²) in [5, 5.41) is 15.8. The molecule has 0 fully saturated rings. The molecule has 172 valence electrons. The summed E-state index contributed by atoms with van der Waals surface area (Å²) >= 11 is 0. The minimum Gasteiger partial charge on any atom is -0.546 e. The Morgan fingerprint density at radius 3 is 2.47 bits per heavy atom. The molecule has 1 atom stereocenters. The lowest BCUT2D eigenvalue weighted by Gasteiger charge is -2.30. The Bertz CT molecular complexity index is 1160. The maximum Gasteiger partial charge on any atom is 0.279 e. The number of aromatic nitrogens is 4. The van der Waals surface area contributed by atoms with Gasteiger partial charge in [0, 0.05) is 13.6 Å². The molecule has 0 N–H and O–H groups in total. The van der Waals surface area contributed by atoms with Crippen LogP contribution in [0.5, 0.6) is 5.75 Å². The van der Waals surface area contributed by atoms with Gasteiger partial charge in [0.15, 0.2) is 5.52 Å². The fraction of sp³-hybridized carbons (Fsp3) is 0.500. The Labute approximate surface area is 187 Å². The van der Waals surface area contributed by atoms with Crippen LogP contribution in [0.25, 0.3) is 11.0 Å². The monoisotopic (exact) mass is 439 g/mol. The van der Waals surface area contributed by atoms with Crippen LogP contribution in [0.15, 0.2) is 29.1 Å². The van der Waals surface area contributed by atoms with Gasteiger partial charge in [-0.15, -0.1) is 0 Å². The van der Waals surface area contributed by atoms with Gasteiger partial charge in [-0.2, -0.15) is 5.10 Å². The van der Waals surface area contributed by atoms with Crippen LogP contribution in [0.1, 0.15) is 57.1 Å². The van der Waals surface area contributed by atoms with Crippen molar-refractivity contribution >= 4 is 17.0 Å². The molecule has 8 nitrogen and oxygen atoms in total. The quantitative estimate of drug-likeness (QED) is 0.480. The average Bonchev–Trinajstić information content (AvgIpc) is 3.06. The Morgan fingerprint density at radius 1 is 1.19 bits per heavy atom. The highest BCUT2D eigenvalue weighted by atomic mass is 16.5. The number of carbonyl (C=O) groups excluding carboxylic acids is 1. The predicted molar refractivity (Wildman–Crippen MR) is 121 cm³/mol. The first-order valence-corrected chi connectivity index (χ1v) is 11.1. The highest BCUT2D eigenvalue weighted by Gasteiger charge is 2.25. The molecular formula is C24H31N4O4-. The summed E-state index contributed by atoms with van der Waals surface area (Å²) in [6.45, 7) is 7.75. The zero-order valence-corrected chi connectivity index (χ0v) is 19.5. The zero-order chi connectivity index (χ0) is 23.5. The van der Waals surface area contributed by atoms with Gasteiger partial charge in [0.1, 0.15) is 22.7 Å². The van der Waals surface area contributed by atoms with Crippen molar-refractivity contribution in [3.05, 3.63) is 51.7 Å². The normalized spacial score (nSPS) is 13.3. The van der Waals surface area contributed by atoms with Gasteiger partial charge in [0.05, 0.1) is 11.7 Å². The van der Waals surface area contributed by atoms with E-state index in [1.165, 1.54) is 6.92 Å². The standard InChI is InChI=1S/C24H32N4O4/c1-6-9-19-20-21(27(5)26-19)22(29)28(16(3)25-20)15-8-10-17-11-13-18(14-12-17)32-24(4,7-2)23(30)31/h11-14H,6-10,15H2,1-5H3,(H,30,31)/p-1. The largest absolute Gasteiger partial charge is 0.546 e. The minimum absolute atomic E-state index is 0.0604. The highest BCUT2D eigenvalue weighted by Crippen LogP contribution is 2.22. The SMILES string of the molecule is CCCc1nn(C)c2c(=O)n(CCCc3ccc(OC(C)(CC)C(=O)[O-])cc3)c(C)nc12. The van der Waals surface area contributed by atoms with E-state index in [-0.39, 0.29) is 5.56 Å². The van der Waals surface area contributed by atoms with E-state index in [0.29, 0.717) is 35.6 Å². The molecular weight excluding hydrogens is 408 g/mol. The smallest absolute Gasteiger partial charge is 0.279 e. The Balaban J connectivity index is 1.70. The maximum absolute atomic E-state index is 13.1. The lowest BCUT2D eigenvalue weighted by Crippen LogP contribution is -2.49. The first kappa shape index (κ1) is 23.5. The summed E-state index contributed by atoms with van der Waals surface area (Å²) in [5.74, 6) is -0.0495. The minimum atomic E-state index is -1.35. The van der Waals surface area contributed by atoms with Crippen molar-refractivity contribution in [3.8, 4) is 5.75 Å². The summed E-state index contributed by atoms with van der Waals surface area (Å²) in [5.41, 5.74) is 1.79. The molecule has 0 spiro atoms. The molecule has 1 aromatic carbocycles. The van der Waals surface area contributed by atoms with Gasteiger partial charge in [-0.05, 0) is 57.2 Å². The summed E-state index contributed by atoms with van der Waals surface area (Å²) in [7, 11) is 1.79. The molecule has 0 radical (unpaired) electrons. The number of carboxylic acid groups (broad SMARTS) is 1.